The Bertz CT molecular complexity index is 1570. The number of nitrogens with zero attached hydrogens (tertiary/aromatic N) is 2. The molecule has 3 aromatic carbocycles. The third-order valence-electron chi connectivity index (χ3n) is 6.19. The molecule has 2 N–H and O–H groups in total. The first kappa shape index (κ1) is 23.0. The zero-order chi connectivity index (χ0) is 25.4. The van der Waals surface area contributed by atoms with Crippen molar-refractivity contribution in [3.63, 3.8) is 0 Å². The first-order valence-electron chi connectivity index (χ1n) is 11.4. The van der Waals surface area contributed by atoms with E-state index in [1.807, 2.05) is 44.2 Å². The smallest absolute Gasteiger partial charge is 0.322 e. The third-order valence-corrected chi connectivity index (χ3v) is 6.19. The molecule has 180 valence electrons. The average molecular weight is 483 g/mol. The monoisotopic (exact) mass is 482 g/mol. The number of urea groups is 1. The molecule has 1 aliphatic heterocycles. The number of rotatable bonds is 5. The summed E-state index contributed by atoms with van der Waals surface area (Å²) in [6.45, 7) is 3.39. The molecule has 8 heteroatoms. The van der Waals surface area contributed by atoms with Gasteiger partial charge in [0.2, 0.25) is 5.91 Å². The molecular formula is C28H23FN4O3. The zero-order valence-electron chi connectivity index (χ0n) is 19.7. The van der Waals surface area contributed by atoms with Crippen molar-refractivity contribution >= 4 is 40.4 Å². The number of benzene rings is 3. The molecule has 4 amide bonds. The molecule has 1 aliphatic rings. The van der Waals surface area contributed by atoms with Gasteiger partial charge in [0.15, 0.2) is 0 Å². The lowest BCUT2D eigenvalue weighted by Gasteiger charge is -2.13. The van der Waals surface area contributed by atoms with Gasteiger partial charge in [-0.2, -0.15) is 0 Å². The molecule has 0 spiro atoms. The largest absolute Gasteiger partial charge is 0.329 e. The van der Waals surface area contributed by atoms with E-state index in [9.17, 15) is 18.8 Å². The maximum absolute atomic E-state index is 13.8. The molecule has 0 radical (unpaired) electrons. The molecular weight excluding hydrogens is 459 g/mol. The fraction of sp³-hybridized carbons (Fsp3) is 0.107. The van der Waals surface area contributed by atoms with Crippen LogP contribution >= 0.6 is 0 Å². The normalized spacial score (nSPS) is 14.5. The highest BCUT2D eigenvalue weighted by atomic mass is 19.1. The van der Waals surface area contributed by atoms with E-state index in [1.165, 1.54) is 18.2 Å². The quantitative estimate of drug-likeness (QED) is 0.313. The van der Waals surface area contributed by atoms with Gasteiger partial charge in [-0.05, 0) is 55.1 Å². The molecule has 0 bridgehead atoms. The predicted octanol–water partition coefficient (Wildman–Crippen LogP) is 4.92. The van der Waals surface area contributed by atoms with E-state index in [0.29, 0.717) is 0 Å². The van der Waals surface area contributed by atoms with Crippen LogP contribution < -0.4 is 10.6 Å². The molecule has 0 saturated carbocycles. The number of hydrogen-bond acceptors (Lipinski definition) is 3. The molecule has 0 aliphatic carbocycles. The van der Waals surface area contributed by atoms with Gasteiger partial charge in [0.05, 0.1) is 11.4 Å². The number of halogens is 1. The summed E-state index contributed by atoms with van der Waals surface area (Å²) in [7, 11) is 0. The van der Waals surface area contributed by atoms with Gasteiger partial charge in [-0.1, -0.05) is 48.5 Å². The maximum atomic E-state index is 13.8. The molecule has 5 rings (SSSR count). The van der Waals surface area contributed by atoms with Crippen molar-refractivity contribution in [2.75, 3.05) is 11.9 Å². The van der Waals surface area contributed by atoms with E-state index in [0.717, 1.165) is 38.3 Å². The lowest BCUT2D eigenvalue weighted by molar-refractivity contribution is -0.127. The zero-order valence-corrected chi connectivity index (χ0v) is 19.7. The van der Waals surface area contributed by atoms with Crippen LogP contribution in [0.5, 0.6) is 0 Å². The number of para-hydroxylation sites is 1. The van der Waals surface area contributed by atoms with Gasteiger partial charge >= 0.3 is 6.03 Å². The summed E-state index contributed by atoms with van der Waals surface area (Å²) in [5.74, 6) is -1.91. The van der Waals surface area contributed by atoms with Gasteiger partial charge in [-0.15, -0.1) is 0 Å². The Morgan fingerprint density at radius 1 is 1.00 bits per heavy atom. The number of aromatic nitrogens is 1. The van der Waals surface area contributed by atoms with Crippen LogP contribution in [0.15, 0.2) is 78.5 Å². The molecule has 0 unspecified atom stereocenters. The van der Waals surface area contributed by atoms with Gasteiger partial charge < -0.3 is 15.2 Å². The van der Waals surface area contributed by atoms with E-state index >= 15 is 0 Å². The number of carbonyl (C=O) groups excluding carboxylic acids is 3. The summed E-state index contributed by atoms with van der Waals surface area (Å²) < 4.78 is 15.9. The molecule has 1 fully saturated rings. The van der Waals surface area contributed by atoms with Crippen LogP contribution in [0.4, 0.5) is 14.9 Å². The minimum absolute atomic E-state index is 0.0220. The lowest BCUT2D eigenvalue weighted by Crippen LogP contribution is -2.38. The van der Waals surface area contributed by atoms with Crippen LogP contribution in [0.25, 0.3) is 22.5 Å². The van der Waals surface area contributed by atoms with E-state index in [4.69, 9.17) is 0 Å². The summed E-state index contributed by atoms with van der Waals surface area (Å²) in [4.78, 5) is 38.6. The number of amides is 4. The van der Waals surface area contributed by atoms with Crippen molar-refractivity contribution in [3.05, 3.63) is 101 Å². The Labute approximate surface area is 206 Å². The maximum Gasteiger partial charge on any atom is 0.329 e. The topological polar surface area (TPSA) is 83.4 Å². The Morgan fingerprint density at radius 3 is 2.53 bits per heavy atom. The molecule has 0 atom stereocenters. The number of nitrogens with one attached hydrogen (secondary N) is 2. The van der Waals surface area contributed by atoms with E-state index < -0.39 is 30.2 Å². The van der Waals surface area contributed by atoms with Gasteiger partial charge in [-0.3, -0.25) is 9.59 Å². The number of aryl methyl sites for hydroxylation is 1. The summed E-state index contributed by atoms with van der Waals surface area (Å²) in [5.41, 5.74) is 3.69. The van der Waals surface area contributed by atoms with Crippen LogP contribution in [0.3, 0.4) is 0 Å². The number of fused-ring (bicyclic) bond motifs is 1. The minimum atomic E-state index is -0.710. The minimum Gasteiger partial charge on any atom is -0.322 e. The van der Waals surface area contributed by atoms with Crippen LogP contribution in [-0.2, 0) is 9.59 Å². The van der Waals surface area contributed by atoms with E-state index in [-0.39, 0.29) is 11.4 Å². The summed E-state index contributed by atoms with van der Waals surface area (Å²) in [6, 6.07) is 21.1. The van der Waals surface area contributed by atoms with Crippen molar-refractivity contribution in [3.8, 4) is 5.69 Å². The lowest BCUT2D eigenvalue weighted by atomic mass is 10.1. The SMILES string of the molecule is Cc1cc(/C=C2/NC(=O)N(CC(=O)Nc3ccccc3F)C2=O)c(C)n1-c1cccc2ccccc12. The number of anilines is 1. The highest BCUT2D eigenvalue weighted by molar-refractivity contribution is 6.16. The van der Waals surface area contributed by atoms with Crippen molar-refractivity contribution in [1.82, 2.24) is 14.8 Å². The fourth-order valence-corrected chi connectivity index (χ4v) is 4.47. The van der Waals surface area contributed by atoms with Crippen LogP contribution in [0.1, 0.15) is 17.0 Å². The first-order chi connectivity index (χ1) is 17.3. The van der Waals surface area contributed by atoms with Gasteiger partial charge in [0.1, 0.15) is 18.1 Å². The van der Waals surface area contributed by atoms with Gasteiger partial charge in [0, 0.05) is 16.8 Å². The molecule has 36 heavy (non-hydrogen) atoms. The second kappa shape index (κ2) is 9.14. The van der Waals surface area contributed by atoms with Gasteiger partial charge in [-0.25, -0.2) is 14.1 Å². The Balaban J connectivity index is 1.40. The van der Waals surface area contributed by atoms with Crippen molar-refractivity contribution in [2.24, 2.45) is 0 Å². The molecule has 2 heterocycles. The summed E-state index contributed by atoms with van der Waals surface area (Å²) in [5, 5.41) is 7.14. The molecule has 1 aromatic heterocycles. The Kier molecular flexibility index (Phi) is 5.85. The number of hydrogen-bond donors (Lipinski definition) is 2. The number of carbonyl (C=O) groups is 3. The summed E-state index contributed by atoms with van der Waals surface area (Å²) in [6.07, 6.45) is 1.61. The average Bonchev–Trinajstić information content (AvgIpc) is 3.29. The predicted molar refractivity (Wildman–Crippen MR) is 136 cm³/mol. The van der Waals surface area contributed by atoms with Crippen LogP contribution in [0, 0.1) is 19.7 Å². The second-order valence-electron chi connectivity index (χ2n) is 8.57. The van der Waals surface area contributed by atoms with Gasteiger partial charge in [0.25, 0.3) is 5.91 Å². The van der Waals surface area contributed by atoms with Crippen LogP contribution in [-0.4, -0.2) is 33.9 Å². The second-order valence-corrected chi connectivity index (χ2v) is 8.57. The Morgan fingerprint density at radius 2 is 1.72 bits per heavy atom. The van der Waals surface area contributed by atoms with Crippen molar-refractivity contribution in [2.45, 2.75) is 13.8 Å². The van der Waals surface area contributed by atoms with Crippen molar-refractivity contribution < 1.29 is 18.8 Å². The highest BCUT2D eigenvalue weighted by Crippen LogP contribution is 2.28. The van der Waals surface area contributed by atoms with E-state index in [2.05, 4.69) is 33.4 Å². The number of imide groups is 1. The Hall–Kier alpha value is -4.72. The standard InChI is InChI=1S/C28H23FN4O3/c1-17-14-20(18(2)33(17)25-13-7-9-19-8-3-4-10-21(19)25)15-24-27(35)32(28(36)31-24)16-26(34)30-23-12-6-5-11-22(23)29/h3-15H,16H2,1-2H3,(H,30,34)(H,31,36)/b24-15+. The summed E-state index contributed by atoms with van der Waals surface area (Å²) >= 11 is 0. The van der Waals surface area contributed by atoms with Crippen molar-refractivity contribution in [1.29, 1.82) is 0 Å². The highest BCUT2D eigenvalue weighted by Gasteiger charge is 2.35. The first-order valence-corrected chi connectivity index (χ1v) is 11.4. The molecule has 4 aromatic rings. The van der Waals surface area contributed by atoms with Crippen LogP contribution in [0.2, 0.25) is 0 Å². The van der Waals surface area contributed by atoms with E-state index in [1.54, 1.807) is 12.1 Å². The molecule has 1 saturated heterocycles. The third kappa shape index (κ3) is 4.13. The molecule has 7 nitrogen and oxygen atoms in total. The fourth-order valence-electron chi connectivity index (χ4n) is 4.47.